The Hall–Kier alpha value is -3.31. The number of nitrogens with zero attached hydrogens (tertiary/aromatic N) is 2. The van der Waals surface area contributed by atoms with Crippen LogP contribution in [0.4, 0.5) is 16.2 Å². The first-order valence-electron chi connectivity index (χ1n) is 11.0. The van der Waals surface area contributed by atoms with E-state index in [1.54, 1.807) is 25.3 Å². The molecule has 1 N–H and O–H groups in total. The summed E-state index contributed by atoms with van der Waals surface area (Å²) in [5.74, 6) is -0.640. The lowest BCUT2D eigenvalue weighted by molar-refractivity contribution is 0.0545. The molecule has 35 heavy (non-hydrogen) atoms. The molecule has 1 saturated heterocycles. The van der Waals surface area contributed by atoms with Crippen molar-refractivity contribution in [2.45, 2.75) is 25.2 Å². The molecular formula is C24H31N3O7S. The van der Waals surface area contributed by atoms with E-state index in [1.807, 2.05) is 35.2 Å². The van der Waals surface area contributed by atoms with Crippen molar-refractivity contribution < 1.29 is 32.2 Å². The number of rotatable bonds is 8. The van der Waals surface area contributed by atoms with Gasteiger partial charge < -0.3 is 24.4 Å². The number of alkyl carbamates (subject to hydrolysis) is 1. The molecule has 10 nitrogen and oxygen atoms in total. The third-order valence-electron chi connectivity index (χ3n) is 5.97. The quantitative estimate of drug-likeness (QED) is 0.544. The number of carbonyl (C=O) groups excluding carboxylic acids is 2. The number of hydrogen-bond acceptors (Lipinski definition) is 8. The molecule has 2 aromatic carbocycles. The Morgan fingerprint density at radius 3 is 2.49 bits per heavy atom. The number of esters is 1. The first-order chi connectivity index (χ1) is 16.6. The number of hydrogen-bond donors (Lipinski definition) is 1. The van der Waals surface area contributed by atoms with Crippen LogP contribution in [0.5, 0.6) is 0 Å². The van der Waals surface area contributed by atoms with Crippen LogP contribution in [-0.2, 0) is 30.8 Å². The van der Waals surface area contributed by atoms with Crippen LogP contribution < -0.4 is 14.5 Å². The minimum atomic E-state index is -3.57. The molecule has 1 fully saturated rings. The zero-order chi connectivity index (χ0) is 25.6. The summed E-state index contributed by atoms with van der Waals surface area (Å²) in [6.45, 7) is 1.20. The van der Waals surface area contributed by atoms with Gasteiger partial charge in [-0.15, -0.1) is 0 Å². The summed E-state index contributed by atoms with van der Waals surface area (Å²) in [5, 5.41) is 2.88. The predicted molar refractivity (Wildman–Crippen MR) is 132 cm³/mol. The normalized spacial score (nSPS) is 18.0. The SMILES string of the molecule is COC(=O)c1cc(N2CC[C@@H](NC(=O)OCc3ccccc3)[C@@H](OC)C2)ccc1N(C)S(C)(=O)=O. The molecule has 1 amide bonds. The van der Waals surface area contributed by atoms with Crippen LogP contribution in [0, 0.1) is 0 Å². The second kappa shape index (κ2) is 11.4. The maximum absolute atomic E-state index is 12.4. The van der Waals surface area contributed by atoms with Crippen molar-refractivity contribution in [3.63, 3.8) is 0 Å². The van der Waals surface area contributed by atoms with E-state index in [4.69, 9.17) is 14.2 Å². The topological polar surface area (TPSA) is 114 Å². The van der Waals surface area contributed by atoms with Gasteiger partial charge in [0.15, 0.2) is 0 Å². The molecular weight excluding hydrogens is 474 g/mol. The van der Waals surface area contributed by atoms with Gasteiger partial charge in [0.25, 0.3) is 0 Å². The van der Waals surface area contributed by atoms with E-state index in [2.05, 4.69) is 5.32 Å². The average Bonchev–Trinajstić information content (AvgIpc) is 2.86. The molecule has 2 aromatic rings. The summed E-state index contributed by atoms with van der Waals surface area (Å²) in [4.78, 5) is 26.7. The summed E-state index contributed by atoms with van der Waals surface area (Å²) < 4.78 is 40.9. The molecule has 0 radical (unpaired) electrons. The molecule has 3 rings (SSSR count). The van der Waals surface area contributed by atoms with Crippen molar-refractivity contribution in [1.82, 2.24) is 5.32 Å². The highest BCUT2D eigenvalue weighted by Crippen LogP contribution is 2.30. The maximum atomic E-state index is 12.4. The minimum Gasteiger partial charge on any atom is -0.465 e. The molecule has 0 saturated carbocycles. The summed E-state index contributed by atoms with van der Waals surface area (Å²) in [6.07, 6.45) is 0.800. The van der Waals surface area contributed by atoms with Gasteiger partial charge in [-0.3, -0.25) is 4.31 Å². The van der Waals surface area contributed by atoms with Gasteiger partial charge in [0, 0.05) is 32.9 Å². The molecule has 11 heteroatoms. The van der Waals surface area contributed by atoms with E-state index in [-0.39, 0.29) is 30.0 Å². The first kappa shape index (κ1) is 26.3. The molecule has 1 heterocycles. The van der Waals surface area contributed by atoms with Gasteiger partial charge in [0.1, 0.15) is 6.61 Å². The predicted octanol–water partition coefficient (Wildman–Crippen LogP) is 2.39. The van der Waals surface area contributed by atoms with Crippen LogP contribution in [0.15, 0.2) is 48.5 Å². The Labute approximate surface area is 205 Å². The highest BCUT2D eigenvalue weighted by atomic mass is 32.2. The molecule has 0 spiro atoms. The van der Waals surface area contributed by atoms with Crippen LogP contribution in [0.3, 0.4) is 0 Å². The molecule has 1 aliphatic heterocycles. The van der Waals surface area contributed by atoms with Crippen LogP contribution in [0.25, 0.3) is 0 Å². The highest BCUT2D eigenvalue weighted by molar-refractivity contribution is 7.92. The van der Waals surface area contributed by atoms with Crippen molar-refractivity contribution in [2.75, 3.05) is 49.8 Å². The van der Waals surface area contributed by atoms with Crippen molar-refractivity contribution in [3.8, 4) is 0 Å². The van der Waals surface area contributed by atoms with E-state index >= 15 is 0 Å². The first-order valence-corrected chi connectivity index (χ1v) is 12.9. The number of sulfonamides is 1. The molecule has 0 aliphatic carbocycles. The Bertz CT molecular complexity index is 1140. The number of nitrogens with one attached hydrogen (secondary N) is 1. The van der Waals surface area contributed by atoms with Gasteiger partial charge in [0.05, 0.1) is 36.8 Å². The Morgan fingerprint density at radius 2 is 1.86 bits per heavy atom. The highest BCUT2D eigenvalue weighted by Gasteiger charge is 2.32. The number of anilines is 2. The van der Waals surface area contributed by atoms with Gasteiger partial charge in [0.2, 0.25) is 10.0 Å². The Balaban J connectivity index is 1.70. The Kier molecular flexibility index (Phi) is 8.57. The zero-order valence-corrected chi connectivity index (χ0v) is 21.1. The van der Waals surface area contributed by atoms with Crippen LogP contribution in [0.1, 0.15) is 22.3 Å². The lowest BCUT2D eigenvalue weighted by Crippen LogP contribution is -2.55. The summed E-state index contributed by atoms with van der Waals surface area (Å²) in [5.41, 5.74) is 1.97. The standard InChI is InChI=1S/C24H31N3O7S/c1-26(35(4,30)31)21-11-10-18(14-19(21)23(28)33-3)27-13-12-20(22(15-27)32-2)25-24(29)34-16-17-8-6-5-7-9-17/h5-11,14,20,22H,12-13,15-16H2,1-4H3,(H,25,29)/t20-,22+/m1/s1. The van der Waals surface area contributed by atoms with Crippen LogP contribution >= 0.6 is 0 Å². The number of ether oxygens (including phenoxy) is 3. The van der Waals surface area contributed by atoms with E-state index in [0.29, 0.717) is 25.2 Å². The average molecular weight is 506 g/mol. The largest absolute Gasteiger partial charge is 0.465 e. The smallest absolute Gasteiger partial charge is 0.407 e. The Morgan fingerprint density at radius 1 is 1.14 bits per heavy atom. The number of methoxy groups -OCH3 is 2. The minimum absolute atomic E-state index is 0.136. The van der Waals surface area contributed by atoms with Crippen LogP contribution in [-0.4, -0.2) is 73.2 Å². The van der Waals surface area contributed by atoms with Gasteiger partial charge in [-0.05, 0) is 30.2 Å². The summed E-state index contributed by atoms with van der Waals surface area (Å²) in [6, 6.07) is 14.1. The fraction of sp³-hybridized carbons (Fsp3) is 0.417. The van der Waals surface area contributed by atoms with Crippen molar-refractivity contribution in [1.29, 1.82) is 0 Å². The van der Waals surface area contributed by atoms with Gasteiger partial charge in [-0.25, -0.2) is 18.0 Å². The number of amides is 1. The molecule has 190 valence electrons. The van der Waals surface area contributed by atoms with Crippen LogP contribution in [0.2, 0.25) is 0 Å². The monoisotopic (exact) mass is 505 g/mol. The van der Waals surface area contributed by atoms with E-state index in [1.165, 1.54) is 14.2 Å². The lowest BCUT2D eigenvalue weighted by Gasteiger charge is -2.39. The summed E-state index contributed by atoms with van der Waals surface area (Å²) in [7, 11) is 0.624. The fourth-order valence-corrected chi connectivity index (χ4v) is 4.44. The van der Waals surface area contributed by atoms with Gasteiger partial charge >= 0.3 is 12.1 Å². The van der Waals surface area contributed by atoms with Crippen molar-refractivity contribution in [3.05, 3.63) is 59.7 Å². The van der Waals surface area contributed by atoms with Crippen molar-refractivity contribution >= 4 is 33.5 Å². The van der Waals surface area contributed by atoms with E-state index in [9.17, 15) is 18.0 Å². The molecule has 1 aliphatic rings. The van der Waals surface area contributed by atoms with Crippen molar-refractivity contribution in [2.24, 2.45) is 0 Å². The maximum Gasteiger partial charge on any atom is 0.407 e. The molecule has 0 bridgehead atoms. The lowest BCUT2D eigenvalue weighted by atomic mass is 10.0. The number of benzene rings is 2. The number of piperidine rings is 1. The zero-order valence-electron chi connectivity index (χ0n) is 20.3. The number of carbonyl (C=O) groups is 2. The van der Waals surface area contributed by atoms with Gasteiger partial charge in [-0.2, -0.15) is 0 Å². The third-order valence-corrected chi connectivity index (χ3v) is 7.16. The molecule has 0 unspecified atom stereocenters. The fourth-order valence-electron chi connectivity index (χ4n) is 3.92. The van der Waals surface area contributed by atoms with Gasteiger partial charge in [-0.1, -0.05) is 30.3 Å². The molecule has 0 aromatic heterocycles. The van der Waals surface area contributed by atoms with E-state index < -0.39 is 22.1 Å². The molecule has 2 atom stereocenters. The van der Waals surface area contributed by atoms with E-state index in [0.717, 1.165) is 16.1 Å². The second-order valence-corrected chi connectivity index (χ2v) is 10.3. The third kappa shape index (κ3) is 6.64. The summed E-state index contributed by atoms with van der Waals surface area (Å²) >= 11 is 0. The second-order valence-electron chi connectivity index (χ2n) is 8.24.